The predicted molar refractivity (Wildman–Crippen MR) is 130 cm³/mol. The highest BCUT2D eigenvalue weighted by atomic mass is 32.2. The molecule has 1 aliphatic rings. The fraction of sp³-hybridized carbons (Fsp3) is 0.520. The van der Waals surface area contributed by atoms with Crippen molar-refractivity contribution in [2.45, 2.75) is 63.6 Å². The molecule has 180 valence electrons. The van der Waals surface area contributed by atoms with E-state index in [9.17, 15) is 13.2 Å². The van der Waals surface area contributed by atoms with Crippen LogP contribution in [0.3, 0.4) is 0 Å². The molecule has 7 nitrogen and oxygen atoms in total. The Hall–Kier alpha value is -2.45. The monoisotopic (exact) mass is 473 g/mol. The molecule has 1 aliphatic heterocycles. The van der Waals surface area contributed by atoms with Crippen LogP contribution in [0.1, 0.15) is 45.6 Å². The molecular formula is C25H35N3O4S. The Balaban J connectivity index is 1.61. The number of sulfone groups is 1. The number of rotatable bonds is 8. The van der Waals surface area contributed by atoms with Gasteiger partial charge in [-0.2, -0.15) is 0 Å². The first-order valence-electron chi connectivity index (χ1n) is 11.6. The number of hydrogen-bond acceptors (Lipinski definition) is 6. The molecule has 1 aromatic carbocycles. The summed E-state index contributed by atoms with van der Waals surface area (Å²) in [5.41, 5.74) is 2.85. The van der Waals surface area contributed by atoms with Crippen LogP contribution in [-0.2, 0) is 21.1 Å². The van der Waals surface area contributed by atoms with E-state index in [4.69, 9.17) is 4.74 Å². The molecule has 8 heteroatoms. The minimum atomic E-state index is -3.21. The summed E-state index contributed by atoms with van der Waals surface area (Å²) >= 11 is 0. The summed E-state index contributed by atoms with van der Waals surface area (Å²) in [6.45, 7) is 9.18. The maximum atomic E-state index is 12.2. The lowest BCUT2D eigenvalue weighted by molar-refractivity contribution is 0.0534. The molecule has 1 fully saturated rings. The van der Waals surface area contributed by atoms with Gasteiger partial charge in [0.2, 0.25) is 0 Å². The standard InChI is InChI=1S/C25H35N3O4S/c1-5-14-28(22-12-15-27(16-13-22)25(29)32-19(2)3)18-20-6-11-24(26-17-20)21-7-9-23(10-8-21)33(4,30)31/h6-11,17,19,22H,5,12-16,18H2,1-4H3. The number of carbonyl (C=O) groups is 1. The molecule has 0 radical (unpaired) electrons. The van der Waals surface area contributed by atoms with Crippen LogP contribution < -0.4 is 0 Å². The van der Waals surface area contributed by atoms with Crippen LogP contribution in [0.4, 0.5) is 4.79 Å². The summed E-state index contributed by atoms with van der Waals surface area (Å²) in [5, 5.41) is 0. The highest BCUT2D eigenvalue weighted by molar-refractivity contribution is 7.90. The van der Waals surface area contributed by atoms with E-state index in [1.54, 1.807) is 24.3 Å². The van der Waals surface area contributed by atoms with Gasteiger partial charge in [-0.15, -0.1) is 0 Å². The van der Waals surface area contributed by atoms with Crippen molar-refractivity contribution in [3.63, 3.8) is 0 Å². The van der Waals surface area contributed by atoms with E-state index >= 15 is 0 Å². The van der Waals surface area contributed by atoms with Crippen LogP contribution in [0.25, 0.3) is 11.3 Å². The Kier molecular flexibility index (Phi) is 8.48. The number of amides is 1. The molecule has 1 saturated heterocycles. The van der Waals surface area contributed by atoms with Crippen molar-refractivity contribution in [1.29, 1.82) is 0 Å². The van der Waals surface area contributed by atoms with E-state index in [-0.39, 0.29) is 12.2 Å². The second-order valence-corrected chi connectivity index (χ2v) is 11.0. The number of nitrogens with zero attached hydrogens (tertiary/aromatic N) is 3. The van der Waals surface area contributed by atoms with Gasteiger partial charge >= 0.3 is 6.09 Å². The number of benzene rings is 1. The summed E-state index contributed by atoms with van der Waals surface area (Å²) in [7, 11) is -3.21. The zero-order valence-electron chi connectivity index (χ0n) is 20.0. The van der Waals surface area contributed by atoms with Crippen molar-refractivity contribution in [1.82, 2.24) is 14.8 Å². The third-order valence-corrected chi connectivity index (χ3v) is 7.00. The normalized spacial score (nSPS) is 15.3. The van der Waals surface area contributed by atoms with E-state index in [1.807, 2.05) is 31.0 Å². The van der Waals surface area contributed by atoms with Gasteiger partial charge in [0, 0.05) is 43.7 Å². The van der Waals surface area contributed by atoms with Crippen LogP contribution in [0.2, 0.25) is 0 Å². The van der Waals surface area contributed by atoms with Crippen molar-refractivity contribution in [2.75, 3.05) is 25.9 Å². The lowest BCUT2D eigenvalue weighted by Crippen LogP contribution is -2.47. The predicted octanol–water partition coefficient (Wildman–Crippen LogP) is 4.37. The van der Waals surface area contributed by atoms with Gasteiger partial charge < -0.3 is 9.64 Å². The zero-order chi connectivity index (χ0) is 24.0. The van der Waals surface area contributed by atoms with Gasteiger partial charge in [-0.3, -0.25) is 9.88 Å². The van der Waals surface area contributed by atoms with Crippen molar-refractivity contribution in [3.05, 3.63) is 48.2 Å². The Labute approximate surface area is 197 Å². The Morgan fingerprint density at radius 2 is 1.82 bits per heavy atom. The third-order valence-electron chi connectivity index (χ3n) is 5.88. The second-order valence-electron chi connectivity index (χ2n) is 8.97. The summed E-state index contributed by atoms with van der Waals surface area (Å²) in [6.07, 6.45) is 5.73. The van der Waals surface area contributed by atoms with Gasteiger partial charge in [0.25, 0.3) is 0 Å². The Morgan fingerprint density at radius 1 is 1.15 bits per heavy atom. The van der Waals surface area contributed by atoms with E-state index in [2.05, 4.69) is 22.9 Å². The van der Waals surface area contributed by atoms with E-state index in [1.165, 1.54) is 6.26 Å². The number of pyridine rings is 1. The lowest BCUT2D eigenvalue weighted by Gasteiger charge is -2.38. The summed E-state index contributed by atoms with van der Waals surface area (Å²) in [6, 6.07) is 11.3. The van der Waals surface area contributed by atoms with Gasteiger partial charge in [0.15, 0.2) is 9.84 Å². The summed E-state index contributed by atoms with van der Waals surface area (Å²) in [4.78, 5) is 21.4. The van der Waals surface area contributed by atoms with Gasteiger partial charge in [0.1, 0.15) is 0 Å². The van der Waals surface area contributed by atoms with Gasteiger partial charge in [-0.25, -0.2) is 13.2 Å². The molecule has 0 aliphatic carbocycles. The smallest absolute Gasteiger partial charge is 0.410 e. The molecule has 2 aromatic rings. The third kappa shape index (κ3) is 7.01. The molecule has 1 amide bonds. The average Bonchev–Trinajstić information content (AvgIpc) is 2.78. The van der Waals surface area contributed by atoms with Crippen molar-refractivity contribution in [2.24, 2.45) is 0 Å². The molecule has 2 heterocycles. The first-order chi connectivity index (χ1) is 15.7. The molecule has 3 rings (SSSR count). The number of ether oxygens (including phenoxy) is 1. The van der Waals surface area contributed by atoms with Crippen LogP contribution in [-0.4, -0.2) is 67.3 Å². The lowest BCUT2D eigenvalue weighted by atomic mass is 10.0. The number of aromatic nitrogens is 1. The molecule has 33 heavy (non-hydrogen) atoms. The first kappa shape index (κ1) is 25.2. The van der Waals surface area contributed by atoms with Crippen LogP contribution in [0.15, 0.2) is 47.5 Å². The molecule has 0 N–H and O–H groups in total. The fourth-order valence-corrected chi connectivity index (χ4v) is 4.79. The molecule has 0 spiro atoms. The molecule has 0 bridgehead atoms. The summed E-state index contributed by atoms with van der Waals surface area (Å²) in [5.74, 6) is 0. The van der Waals surface area contributed by atoms with Crippen molar-refractivity contribution < 1.29 is 17.9 Å². The molecule has 0 saturated carbocycles. The number of piperidine rings is 1. The maximum Gasteiger partial charge on any atom is 0.410 e. The maximum absolute atomic E-state index is 12.2. The van der Waals surface area contributed by atoms with Crippen molar-refractivity contribution in [3.8, 4) is 11.3 Å². The molecule has 0 atom stereocenters. The highest BCUT2D eigenvalue weighted by Gasteiger charge is 2.27. The van der Waals surface area contributed by atoms with Crippen LogP contribution in [0, 0.1) is 0 Å². The largest absolute Gasteiger partial charge is 0.447 e. The van der Waals surface area contributed by atoms with E-state index in [0.717, 1.165) is 62.3 Å². The quantitative estimate of drug-likeness (QED) is 0.566. The topological polar surface area (TPSA) is 79.8 Å². The van der Waals surface area contributed by atoms with Crippen molar-refractivity contribution >= 4 is 15.9 Å². The zero-order valence-corrected chi connectivity index (χ0v) is 20.8. The number of likely N-dealkylation sites (tertiary alicyclic amines) is 1. The fourth-order valence-electron chi connectivity index (χ4n) is 4.16. The van der Waals surface area contributed by atoms with Gasteiger partial charge in [0.05, 0.1) is 16.7 Å². The van der Waals surface area contributed by atoms with E-state index in [0.29, 0.717) is 10.9 Å². The molecule has 1 aromatic heterocycles. The first-order valence-corrected chi connectivity index (χ1v) is 13.5. The van der Waals surface area contributed by atoms with E-state index < -0.39 is 9.84 Å². The molecule has 0 unspecified atom stereocenters. The minimum absolute atomic E-state index is 0.0973. The number of hydrogen-bond donors (Lipinski definition) is 0. The molecular weight excluding hydrogens is 438 g/mol. The van der Waals surface area contributed by atoms with Crippen LogP contribution >= 0.6 is 0 Å². The Bertz CT molecular complexity index is 1010. The van der Waals surface area contributed by atoms with Gasteiger partial charge in [-0.1, -0.05) is 25.1 Å². The SMILES string of the molecule is CCCN(Cc1ccc(-c2ccc(S(C)(=O)=O)cc2)nc1)C1CCN(C(=O)OC(C)C)CC1. The average molecular weight is 474 g/mol. The van der Waals surface area contributed by atoms with Gasteiger partial charge in [-0.05, 0) is 63.4 Å². The number of carbonyl (C=O) groups excluding carboxylic acids is 1. The minimum Gasteiger partial charge on any atom is -0.447 e. The highest BCUT2D eigenvalue weighted by Crippen LogP contribution is 2.23. The summed E-state index contributed by atoms with van der Waals surface area (Å²) < 4.78 is 28.7. The Morgan fingerprint density at radius 3 is 2.33 bits per heavy atom. The second kappa shape index (κ2) is 11.1. The van der Waals surface area contributed by atoms with Crippen LogP contribution in [0.5, 0.6) is 0 Å².